The number of hydrogen-bond acceptors (Lipinski definition) is 3. The summed E-state index contributed by atoms with van der Waals surface area (Å²) >= 11 is 0. The number of nitrogens with zero attached hydrogens (tertiary/aromatic N) is 3. The van der Waals surface area contributed by atoms with Crippen molar-refractivity contribution in [2.45, 2.75) is 179 Å². The Morgan fingerprint density at radius 3 is 1.48 bits per heavy atom. The standard InChI is InChI=1S/C82H86BN3/c1-76(2,3)58-33-38-69(61(47-58)55-29-21-16-22-30-55)85-72-52-65-64(79(8,9)43-44-80(65,10)11)51-68(72)83-67-46-57(54-27-19-15-20-28-54)32-37-71(67)84(59-34-35-62-63(48-59)78(6,7)42-41-77(62,4)5)73-49-60(50-74(85)75(73)83)86-70-36-31-56(53-25-17-14-18-26-53)45-66(70)81(12)39-23-24-40-82(81,86)13/h14-22,25-38,45-52H,23-24,39-44H2,1-13H3. The maximum absolute atomic E-state index is 2.86. The highest BCUT2D eigenvalue weighted by molar-refractivity contribution is 7.00. The van der Waals surface area contributed by atoms with Gasteiger partial charge in [-0.3, -0.25) is 0 Å². The molecule has 6 aliphatic rings. The fourth-order valence-electron chi connectivity index (χ4n) is 17.2. The molecule has 3 heterocycles. The molecule has 0 bridgehead atoms. The first-order chi connectivity index (χ1) is 41.0. The molecule has 9 aromatic rings. The third-order valence-corrected chi connectivity index (χ3v) is 22.9. The monoisotopic (exact) mass is 1120 g/mol. The molecule has 0 radical (unpaired) electrons. The molecule has 0 spiro atoms. The molecule has 0 amide bonds. The van der Waals surface area contributed by atoms with Gasteiger partial charge in [0, 0.05) is 50.8 Å². The van der Waals surface area contributed by atoms with Crippen molar-refractivity contribution in [3.63, 3.8) is 0 Å². The van der Waals surface area contributed by atoms with Gasteiger partial charge < -0.3 is 14.7 Å². The maximum Gasteiger partial charge on any atom is 0.252 e. The van der Waals surface area contributed by atoms with Crippen LogP contribution in [0.3, 0.4) is 0 Å². The van der Waals surface area contributed by atoms with Crippen molar-refractivity contribution < 1.29 is 0 Å². The summed E-state index contributed by atoms with van der Waals surface area (Å²) in [4.78, 5) is 8.37. The van der Waals surface area contributed by atoms with E-state index < -0.39 is 0 Å². The first-order valence-corrected chi connectivity index (χ1v) is 32.5. The molecular formula is C82H86BN3. The van der Waals surface area contributed by atoms with E-state index in [-0.39, 0.29) is 44.7 Å². The van der Waals surface area contributed by atoms with E-state index in [0.29, 0.717) is 0 Å². The minimum absolute atomic E-state index is 0.00796. The first kappa shape index (κ1) is 55.1. The van der Waals surface area contributed by atoms with Gasteiger partial charge >= 0.3 is 0 Å². The zero-order chi connectivity index (χ0) is 59.7. The molecule has 86 heavy (non-hydrogen) atoms. The van der Waals surface area contributed by atoms with Crippen LogP contribution in [0, 0.1) is 0 Å². The van der Waals surface area contributed by atoms with Crippen LogP contribution in [-0.2, 0) is 32.5 Å². The highest BCUT2D eigenvalue weighted by Crippen LogP contribution is 2.63. The molecule has 0 saturated heterocycles. The average molecular weight is 1120 g/mol. The van der Waals surface area contributed by atoms with E-state index in [4.69, 9.17) is 0 Å². The van der Waals surface area contributed by atoms with E-state index >= 15 is 0 Å². The number of benzene rings is 9. The van der Waals surface area contributed by atoms with E-state index in [9.17, 15) is 0 Å². The van der Waals surface area contributed by atoms with Gasteiger partial charge in [0.15, 0.2) is 0 Å². The third kappa shape index (κ3) is 8.19. The number of anilines is 8. The molecule has 3 aliphatic heterocycles. The Kier molecular flexibility index (Phi) is 12.1. The largest absolute Gasteiger partial charge is 0.334 e. The minimum atomic E-state index is -0.206. The summed E-state index contributed by atoms with van der Waals surface area (Å²) in [5.74, 6) is 0. The van der Waals surface area contributed by atoms with Crippen molar-refractivity contribution in [3.8, 4) is 33.4 Å². The number of fused-ring (bicyclic) bond motifs is 9. The molecule has 3 aliphatic carbocycles. The molecule has 2 atom stereocenters. The van der Waals surface area contributed by atoms with Gasteiger partial charge in [0.25, 0.3) is 6.71 Å². The summed E-state index contributed by atoms with van der Waals surface area (Å²) in [6.45, 7) is 32.2. The fourth-order valence-corrected chi connectivity index (χ4v) is 17.2. The van der Waals surface area contributed by atoms with Gasteiger partial charge in [-0.25, -0.2) is 0 Å². The number of rotatable bonds is 6. The van der Waals surface area contributed by atoms with Crippen LogP contribution < -0.4 is 31.1 Å². The highest BCUT2D eigenvalue weighted by atomic mass is 15.3. The predicted molar refractivity (Wildman–Crippen MR) is 369 cm³/mol. The van der Waals surface area contributed by atoms with E-state index in [1.807, 2.05) is 0 Å². The van der Waals surface area contributed by atoms with Crippen LogP contribution in [0.4, 0.5) is 45.5 Å². The molecule has 15 rings (SSSR count). The Hall–Kier alpha value is -7.56. The van der Waals surface area contributed by atoms with Crippen molar-refractivity contribution >= 4 is 68.6 Å². The van der Waals surface area contributed by atoms with Crippen LogP contribution >= 0.6 is 0 Å². The highest BCUT2D eigenvalue weighted by Gasteiger charge is 2.58. The van der Waals surface area contributed by atoms with Gasteiger partial charge in [-0.1, -0.05) is 223 Å². The second-order valence-electron chi connectivity index (χ2n) is 31.0. The van der Waals surface area contributed by atoms with Gasteiger partial charge in [0.2, 0.25) is 0 Å². The van der Waals surface area contributed by atoms with E-state index in [1.54, 1.807) is 0 Å². The van der Waals surface area contributed by atoms with Gasteiger partial charge in [0.05, 0.1) is 11.2 Å². The molecule has 1 saturated carbocycles. The molecule has 4 heteroatoms. The van der Waals surface area contributed by atoms with Crippen LogP contribution in [0.15, 0.2) is 188 Å². The van der Waals surface area contributed by atoms with E-state index in [1.165, 1.54) is 148 Å². The lowest BCUT2D eigenvalue weighted by molar-refractivity contribution is 0.195. The van der Waals surface area contributed by atoms with Crippen molar-refractivity contribution in [1.82, 2.24) is 0 Å². The molecule has 9 aromatic carbocycles. The summed E-state index contributed by atoms with van der Waals surface area (Å²) < 4.78 is 0. The second-order valence-corrected chi connectivity index (χ2v) is 31.0. The summed E-state index contributed by atoms with van der Waals surface area (Å²) in [7, 11) is 0. The van der Waals surface area contributed by atoms with Gasteiger partial charge in [0.1, 0.15) is 0 Å². The number of hydrogen-bond donors (Lipinski definition) is 0. The maximum atomic E-state index is 2.86. The molecule has 3 nitrogen and oxygen atoms in total. The van der Waals surface area contributed by atoms with Crippen molar-refractivity contribution in [1.29, 1.82) is 0 Å². The Labute approximate surface area is 514 Å². The van der Waals surface area contributed by atoms with Crippen molar-refractivity contribution in [2.24, 2.45) is 0 Å². The normalized spacial score (nSPS) is 21.5. The summed E-state index contributed by atoms with van der Waals surface area (Å²) in [5.41, 5.74) is 30.2. The fraction of sp³-hybridized carbons (Fsp3) is 0.341. The van der Waals surface area contributed by atoms with Crippen LogP contribution in [0.2, 0.25) is 0 Å². The van der Waals surface area contributed by atoms with Crippen LogP contribution in [0.1, 0.15) is 175 Å². The van der Waals surface area contributed by atoms with Gasteiger partial charge in [-0.05, 0) is 211 Å². The Morgan fingerprint density at radius 1 is 0.349 bits per heavy atom. The Bertz CT molecular complexity index is 4220. The lowest BCUT2D eigenvalue weighted by Crippen LogP contribution is -2.62. The summed E-state index contributed by atoms with van der Waals surface area (Å²) in [5, 5.41) is 0. The SMILES string of the molecule is CC(C)(C)c1ccc(N2c3cc4c(cc3B3c5cc(-c6ccccc6)ccc5N(c5ccc6c(c5)C(C)(C)CCC6(C)C)c5cc(N6c7ccc(-c8ccccc8)cc7C7(C)CCCCC67C)cc2c53)C(C)(C)CCC4(C)C)c(-c2ccccc2)c1. The summed E-state index contributed by atoms with van der Waals surface area (Å²) in [6, 6.07) is 74.3. The lowest BCUT2D eigenvalue weighted by Gasteiger charge is -2.51. The van der Waals surface area contributed by atoms with E-state index in [0.717, 1.165) is 32.1 Å². The van der Waals surface area contributed by atoms with Gasteiger partial charge in [-0.2, -0.15) is 0 Å². The zero-order valence-electron chi connectivity index (χ0n) is 53.5. The van der Waals surface area contributed by atoms with Gasteiger partial charge in [-0.15, -0.1) is 0 Å². The second kappa shape index (κ2) is 19.0. The topological polar surface area (TPSA) is 9.72 Å². The quantitative estimate of drug-likeness (QED) is 0.154. The Morgan fingerprint density at radius 2 is 0.860 bits per heavy atom. The van der Waals surface area contributed by atoms with Crippen LogP contribution in [0.25, 0.3) is 33.4 Å². The smallest absolute Gasteiger partial charge is 0.252 e. The molecule has 0 N–H and O–H groups in total. The average Bonchev–Trinajstić information content (AvgIpc) is 1.15. The Balaban J connectivity index is 1.10. The first-order valence-electron chi connectivity index (χ1n) is 32.5. The van der Waals surface area contributed by atoms with Crippen LogP contribution in [-0.4, -0.2) is 12.3 Å². The molecular weight excluding hydrogens is 1040 g/mol. The van der Waals surface area contributed by atoms with E-state index in [2.05, 4.69) is 293 Å². The minimum Gasteiger partial charge on any atom is -0.334 e. The zero-order valence-corrected chi connectivity index (χ0v) is 53.5. The third-order valence-electron chi connectivity index (χ3n) is 22.9. The predicted octanol–water partition coefficient (Wildman–Crippen LogP) is 20.5. The molecule has 1 fully saturated rings. The molecule has 0 aromatic heterocycles. The molecule has 2 unspecified atom stereocenters. The van der Waals surface area contributed by atoms with Crippen molar-refractivity contribution in [2.75, 3.05) is 14.7 Å². The van der Waals surface area contributed by atoms with Crippen LogP contribution in [0.5, 0.6) is 0 Å². The van der Waals surface area contributed by atoms with Crippen molar-refractivity contribution in [3.05, 3.63) is 221 Å². The summed E-state index contributed by atoms with van der Waals surface area (Å²) in [6.07, 6.45) is 9.29. The lowest BCUT2D eigenvalue weighted by atomic mass is 9.33. The molecule has 432 valence electrons.